The van der Waals surface area contributed by atoms with E-state index in [-0.39, 0.29) is 5.91 Å². The number of H-pyrrole nitrogens is 1. The van der Waals surface area contributed by atoms with E-state index in [9.17, 15) is 4.79 Å². The first-order valence-corrected chi connectivity index (χ1v) is 9.08. The summed E-state index contributed by atoms with van der Waals surface area (Å²) in [5.41, 5.74) is 5.15. The number of fused-ring (bicyclic) bond motifs is 1. The molecule has 1 amide bonds. The SMILES string of the molecule is Cc1nn(C)c(C)c1C=C(C(=O)N1CCOCC1)c1nc2ccccc2[nH]1. The number of benzene rings is 1. The second-order valence-electron chi connectivity index (χ2n) is 6.77. The van der Waals surface area contributed by atoms with E-state index in [1.807, 2.05) is 60.8 Å². The summed E-state index contributed by atoms with van der Waals surface area (Å²) in [5, 5.41) is 4.47. The number of rotatable bonds is 3. The van der Waals surface area contributed by atoms with Crippen molar-refractivity contribution in [2.24, 2.45) is 7.05 Å². The highest BCUT2D eigenvalue weighted by atomic mass is 16.5. The highest BCUT2D eigenvalue weighted by Gasteiger charge is 2.25. The van der Waals surface area contributed by atoms with Gasteiger partial charge in [-0.25, -0.2) is 4.98 Å². The summed E-state index contributed by atoms with van der Waals surface area (Å²) in [6, 6.07) is 7.79. The molecular formula is C20H23N5O2. The fraction of sp³-hybridized carbons (Fsp3) is 0.350. The average molecular weight is 365 g/mol. The fourth-order valence-corrected chi connectivity index (χ4v) is 3.39. The molecule has 0 bridgehead atoms. The van der Waals surface area contributed by atoms with E-state index in [4.69, 9.17) is 4.74 Å². The van der Waals surface area contributed by atoms with Crippen molar-refractivity contribution in [2.45, 2.75) is 13.8 Å². The van der Waals surface area contributed by atoms with Gasteiger partial charge in [0.25, 0.3) is 5.91 Å². The fourth-order valence-electron chi connectivity index (χ4n) is 3.39. The summed E-state index contributed by atoms with van der Waals surface area (Å²) in [7, 11) is 1.91. The Kier molecular flexibility index (Phi) is 4.53. The van der Waals surface area contributed by atoms with Gasteiger partial charge in [-0.15, -0.1) is 0 Å². The Morgan fingerprint density at radius 1 is 1.22 bits per heavy atom. The summed E-state index contributed by atoms with van der Waals surface area (Å²) in [4.78, 5) is 23.1. The van der Waals surface area contributed by atoms with Gasteiger partial charge in [0.1, 0.15) is 5.82 Å². The molecule has 3 heterocycles. The van der Waals surface area contributed by atoms with Crippen LogP contribution in [0.15, 0.2) is 24.3 Å². The van der Waals surface area contributed by atoms with Crippen LogP contribution < -0.4 is 0 Å². The van der Waals surface area contributed by atoms with Crippen molar-refractivity contribution in [1.82, 2.24) is 24.6 Å². The predicted molar refractivity (Wildman–Crippen MR) is 104 cm³/mol. The van der Waals surface area contributed by atoms with E-state index in [0.29, 0.717) is 37.7 Å². The predicted octanol–water partition coefficient (Wildman–Crippen LogP) is 2.31. The molecule has 1 fully saturated rings. The van der Waals surface area contributed by atoms with Crippen LogP contribution >= 0.6 is 0 Å². The minimum Gasteiger partial charge on any atom is -0.378 e. The first-order valence-electron chi connectivity index (χ1n) is 9.08. The zero-order valence-electron chi connectivity index (χ0n) is 15.8. The molecule has 1 aliphatic rings. The summed E-state index contributed by atoms with van der Waals surface area (Å²) in [6.45, 7) is 6.24. The van der Waals surface area contributed by atoms with Crippen LogP contribution in [-0.2, 0) is 16.6 Å². The number of nitrogens with one attached hydrogen (secondary N) is 1. The molecule has 0 radical (unpaired) electrons. The highest BCUT2D eigenvalue weighted by Crippen LogP contribution is 2.25. The number of aromatic nitrogens is 4. The van der Waals surface area contributed by atoms with Gasteiger partial charge in [-0.1, -0.05) is 12.1 Å². The second kappa shape index (κ2) is 7.00. The maximum Gasteiger partial charge on any atom is 0.257 e. The van der Waals surface area contributed by atoms with Crippen LogP contribution in [0.4, 0.5) is 0 Å². The number of carbonyl (C=O) groups excluding carboxylic acids is 1. The Labute approximate surface area is 157 Å². The number of morpholine rings is 1. The Bertz CT molecular complexity index is 991. The molecule has 0 saturated carbocycles. The molecule has 2 aromatic heterocycles. The van der Waals surface area contributed by atoms with Crippen molar-refractivity contribution < 1.29 is 9.53 Å². The molecule has 0 atom stereocenters. The van der Waals surface area contributed by atoms with E-state index in [2.05, 4.69) is 15.1 Å². The molecule has 1 N–H and O–H groups in total. The first-order chi connectivity index (χ1) is 13.0. The molecule has 3 aromatic rings. The van der Waals surface area contributed by atoms with Crippen LogP contribution in [0.3, 0.4) is 0 Å². The molecule has 27 heavy (non-hydrogen) atoms. The van der Waals surface area contributed by atoms with Gasteiger partial charge in [0.15, 0.2) is 0 Å². The monoisotopic (exact) mass is 365 g/mol. The van der Waals surface area contributed by atoms with Crippen LogP contribution in [0.5, 0.6) is 0 Å². The minimum absolute atomic E-state index is 0.0417. The third kappa shape index (κ3) is 3.26. The summed E-state index contributed by atoms with van der Waals surface area (Å²) < 4.78 is 7.22. The zero-order chi connectivity index (χ0) is 19.0. The molecule has 1 aromatic carbocycles. The number of hydrogen-bond donors (Lipinski definition) is 1. The summed E-state index contributed by atoms with van der Waals surface area (Å²) in [5.74, 6) is 0.537. The van der Waals surface area contributed by atoms with Crippen molar-refractivity contribution in [3.05, 3.63) is 47.0 Å². The number of hydrogen-bond acceptors (Lipinski definition) is 4. The van der Waals surface area contributed by atoms with Gasteiger partial charge in [0.2, 0.25) is 0 Å². The van der Waals surface area contributed by atoms with E-state index in [1.54, 1.807) is 0 Å². The van der Waals surface area contributed by atoms with Gasteiger partial charge in [-0.3, -0.25) is 9.48 Å². The van der Waals surface area contributed by atoms with E-state index in [1.165, 1.54) is 0 Å². The Hall–Kier alpha value is -2.93. The van der Waals surface area contributed by atoms with Gasteiger partial charge in [0.05, 0.1) is 35.5 Å². The van der Waals surface area contributed by atoms with Crippen LogP contribution in [0.1, 0.15) is 22.8 Å². The molecule has 7 heteroatoms. The zero-order valence-corrected chi connectivity index (χ0v) is 15.8. The number of carbonyl (C=O) groups is 1. The molecule has 140 valence electrons. The molecular weight excluding hydrogens is 342 g/mol. The molecule has 0 unspecified atom stereocenters. The molecule has 1 aliphatic heterocycles. The van der Waals surface area contributed by atoms with Gasteiger partial charge < -0.3 is 14.6 Å². The molecule has 0 spiro atoms. The lowest BCUT2D eigenvalue weighted by atomic mass is 10.1. The van der Waals surface area contributed by atoms with Crippen molar-refractivity contribution in [1.29, 1.82) is 0 Å². The highest BCUT2D eigenvalue weighted by molar-refractivity contribution is 6.23. The standard InChI is InChI=1S/C20H23N5O2/c1-13-15(14(2)24(3)23-13)12-16(20(26)25-8-10-27-11-9-25)19-21-17-6-4-5-7-18(17)22-19/h4-7,12H,8-11H2,1-3H3,(H,21,22). The van der Waals surface area contributed by atoms with Gasteiger partial charge in [-0.2, -0.15) is 5.10 Å². The van der Waals surface area contributed by atoms with E-state index in [0.717, 1.165) is 28.0 Å². The van der Waals surface area contributed by atoms with Crippen LogP contribution in [0, 0.1) is 13.8 Å². The van der Waals surface area contributed by atoms with Crippen LogP contribution in [-0.4, -0.2) is 56.9 Å². The van der Waals surface area contributed by atoms with Crippen molar-refractivity contribution in [2.75, 3.05) is 26.3 Å². The first kappa shape index (κ1) is 17.5. The van der Waals surface area contributed by atoms with Crippen molar-refractivity contribution in [3.63, 3.8) is 0 Å². The number of nitrogens with zero attached hydrogens (tertiary/aromatic N) is 4. The average Bonchev–Trinajstić information content (AvgIpc) is 3.21. The largest absolute Gasteiger partial charge is 0.378 e. The lowest BCUT2D eigenvalue weighted by Crippen LogP contribution is -2.41. The molecule has 1 saturated heterocycles. The van der Waals surface area contributed by atoms with Crippen LogP contribution in [0.25, 0.3) is 22.7 Å². The quantitative estimate of drug-likeness (QED) is 0.723. The smallest absolute Gasteiger partial charge is 0.257 e. The molecule has 7 nitrogen and oxygen atoms in total. The number of para-hydroxylation sites is 2. The van der Waals surface area contributed by atoms with Gasteiger partial charge in [-0.05, 0) is 32.1 Å². The third-order valence-electron chi connectivity index (χ3n) is 5.03. The van der Waals surface area contributed by atoms with Crippen molar-refractivity contribution in [3.8, 4) is 0 Å². The van der Waals surface area contributed by atoms with Gasteiger partial charge in [0, 0.05) is 31.4 Å². The maximum absolute atomic E-state index is 13.3. The number of amides is 1. The second-order valence-corrected chi connectivity index (χ2v) is 6.77. The Morgan fingerprint density at radius 3 is 2.63 bits per heavy atom. The van der Waals surface area contributed by atoms with Crippen molar-refractivity contribution >= 4 is 28.6 Å². The van der Waals surface area contributed by atoms with E-state index < -0.39 is 0 Å². The minimum atomic E-state index is -0.0417. The maximum atomic E-state index is 13.3. The third-order valence-corrected chi connectivity index (χ3v) is 5.03. The lowest BCUT2D eigenvalue weighted by Gasteiger charge is -2.27. The molecule has 0 aliphatic carbocycles. The van der Waals surface area contributed by atoms with Crippen LogP contribution in [0.2, 0.25) is 0 Å². The Balaban J connectivity index is 1.83. The number of ether oxygens (including phenoxy) is 1. The Morgan fingerprint density at radius 2 is 1.96 bits per heavy atom. The normalized spacial score (nSPS) is 15.5. The lowest BCUT2D eigenvalue weighted by molar-refractivity contribution is -0.128. The number of aromatic amines is 1. The number of aryl methyl sites for hydroxylation is 2. The topological polar surface area (TPSA) is 76.0 Å². The summed E-state index contributed by atoms with van der Waals surface area (Å²) in [6.07, 6.45) is 1.91. The van der Waals surface area contributed by atoms with E-state index >= 15 is 0 Å². The van der Waals surface area contributed by atoms with Gasteiger partial charge >= 0.3 is 0 Å². The summed E-state index contributed by atoms with van der Waals surface area (Å²) >= 11 is 0. The number of imidazole rings is 1. The molecule has 4 rings (SSSR count).